The Kier molecular flexibility index (Phi) is 3.28. The molecule has 0 heterocycles. The highest BCUT2D eigenvalue weighted by atomic mass is 16.6. The van der Waals surface area contributed by atoms with Gasteiger partial charge in [-0.25, -0.2) is 0 Å². The van der Waals surface area contributed by atoms with Gasteiger partial charge in [0.05, 0.1) is 16.6 Å². The maximum absolute atomic E-state index is 11.1. The molecular formula is C16H13N3O2. The van der Waals surface area contributed by atoms with Gasteiger partial charge in [-0.15, -0.1) is 0 Å². The van der Waals surface area contributed by atoms with Gasteiger partial charge in [0.1, 0.15) is 5.69 Å². The van der Waals surface area contributed by atoms with E-state index in [1.165, 1.54) is 17.2 Å². The molecule has 0 atom stereocenters. The summed E-state index contributed by atoms with van der Waals surface area (Å²) in [6, 6.07) is 12.4. The number of nitro groups is 1. The van der Waals surface area contributed by atoms with Gasteiger partial charge in [0.25, 0.3) is 5.69 Å². The van der Waals surface area contributed by atoms with Gasteiger partial charge < -0.3 is 5.32 Å². The number of rotatable bonds is 3. The van der Waals surface area contributed by atoms with Crippen LogP contribution >= 0.6 is 0 Å². The van der Waals surface area contributed by atoms with Crippen LogP contribution < -0.4 is 5.32 Å². The summed E-state index contributed by atoms with van der Waals surface area (Å²) in [4.78, 5) is 10.6. The molecule has 5 nitrogen and oxygen atoms in total. The van der Waals surface area contributed by atoms with Gasteiger partial charge >= 0.3 is 0 Å². The summed E-state index contributed by atoms with van der Waals surface area (Å²) >= 11 is 0. The molecule has 1 aliphatic rings. The van der Waals surface area contributed by atoms with Gasteiger partial charge in [-0.2, -0.15) is 5.26 Å². The van der Waals surface area contributed by atoms with Crippen molar-refractivity contribution in [1.82, 2.24) is 0 Å². The fraction of sp³-hybridized carbons (Fsp3) is 0.188. The Morgan fingerprint density at radius 2 is 1.95 bits per heavy atom. The zero-order valence-corrected chi connectivity index (χ0v) is 11.3. The first-order chi connectivity index (χ1) is 10.2. The van der Waals surface area contributed by atoms with E-state index < -0.39 is 4.92 Å². The molecule has 0 aliphatic heterocycles. The van der Waals surface area contributed by atoms with Crippen molar-refractivity contribution in [2.75, 3.05) is 5.32 Å². The quantitative estimate of drug-likeness (QED) is 0.686. The SMILES string of the molecule is N#Cc1ccc(Nc2ccc3c(c2)CCC3)c([N+](=O)[O-])c1. The van der Waals surface area contributed by atoms with Crippen molar-refractivity contribution < 1.29 is 4.92 Å². The van der Waals surface area contributed by atoms with Crippen molar-refractivity contribution in [1.29, 1.82) is 5.26 Å². The predicted octanol–water partition coefficient (Wildman–Crippen LogP) is 3.70. The highest BCUT2D eigenvalue weighted by Gasteiger charge is 2.16. The number of nitrogens with one attached hydrogen (secondary N) is 1. The van der Waals surface area contributed by atoms with Gasteiger partial charge in [-0.1, -0.05) is 6.07 Å². The number of nitrogens with zero attached hydrogens (tertiary/aromatic N) is 2. The lowest BCUT2D eigenvalue weighted by Gasteiger charge is -2.09. The first kappa shape index (κ1) is 13.1. The molecule has 0 aromatic heterocycles. The molecular weight excluding hydrogens is 266 g/mol. The topological polar surface area (TPSA) is 79.0 Å². The van der Waals surface area contributed by atoms with Crippen LogP contribution in [0.5, 0.6) is 0 Å². The highest BCUT2D eigenvalue weighted by Crippen LogP contribution is 2.31. The van der Waals surface area contributed by atoms with Crippen LogP contribution in [0.25, 0.3) is 0 Å². The summed E-state index contributed by atoms with van der Waals surface area (Å²) in [6.45, 7) is 0. The Morgan fingerprint density at radius 1 is 1.14 bits per heavy atom. The summed E-state index contributed by atoms with van der Waals surface area (Å²) in [7, 11) is 0. The van der Waals surface area contributed by atoms with Crippen molar-refractivity contribution in [2.45, 2.75) is 19.3 Å². The van der Waals surface area contributed by atoms with Gasteiger partial charge in [0, 0.05) is 11.8 Å². The summed E-state index contributed by atoms with van der Waals surface area (Å²) in [5, 5.41) is 23.0. The van der Waals surface area contributed by atoms with E-state index in [0.717, 1.165) is 24.9 Å². The second-order valence-corrected chi connectivity index (χ2v) is 5.06. The third kappa shape index (κ3) is 2.56. The Hall–Kier alpha value is -2.87. The lowest BCUT2D eigenvalue weighted by molar-refractivity contribution is -0.383. The molecule has 0 saturated carbocycles. The van der Waals surface area contributed by atoms with E-state index in [1.54, 1.807) is 12.1 Å². The minimum atomic E-state index is -0.476. The fourth-order valence-electron chi connectivity index (χ4n) is 2.66. The van der Waals surface area contributed by atoms with Gasteiger partial charge in [0.15, 0.2) is 0 Å². The van der Waals surface area contributed by atoms with Gasteiger partial charge in [-0.05, 0) is 54.7 Å². The molecule has 0 bridgehead atoms. The van der Waals surface area contributed by atoms with E-state index in [2.05, 4.69) is 11.4 Å². The number of anilines is 2. The highest BCUT2D eigenvalue weighted by molar-refractivity contribution is 5.71. The first-order valence-electron chi connectivity index (χ1n) is 6.75. The molecule has 0 fully saturated rings. The largest absolute Gasteiger partial charge is 0.350 e. The molecule has 0 saturated heterocycles. The van der Waals surface area contributed by atoms with E-state index in [9.17, 15) is 10.1 Å². The summed E-state index contributed by atoms with van der Waals surface area (Å²) in [5.74, 6) is 0. The maximum atomic E-state index is 11.1. The standard InChI is InChI=1S/C16H13N3O2/c17-10-11-4-7-15(16(8-11)19(20)21)18-14-6-5-12-2-1-3-13(12)9-14/h4-9,18H,1-3H2. The third-order valence-electron chi connectivity index (χ3n) is 3.70. The minimum absolute atomic E-state index is 0.0884. The van der Waals surface area contributed by atoms with E-state index in [-0.39, 0.29) is 11.3 Å². The van der Waals surface area contributed by atoms with Crippen molar-refractivity contribution in [2.24, 2.45) is 0 Å². The first-order valence-corrected chi connectivity index (χ1v) is 6.75. The molecule has 0 unspecified atom stereocenters. The second-order valence-electron chi connectivity index (χ2n) is 5.06. The number of benzene rings is 2. The monoisotopic (exact) mass is 279 g/mol. The van der Waals surface area contributed by atoms with E-state index in [0.29, 0.717) is 5.69 Å². The molecule has 0 amide bonds. The fourth-order valence-corrected chi connectivity index (χ4v) is 2.66. The van der Waals surface area contributed by atoms with Crippen molar-refractivity contribution >= 4 is 17.1 Å². The lowest BCUT2D eigenvalue weighted by atomic mass is 10.1. The second kappa shape index (κ2) is 5.25. The zero-order chi connectivity index (χ0) is 14.8. The molecule has 2 aromatic carbocycles. The molecule has 2 aromatic rings. The van der Waals surface area contributed by atoms with Crippen LogP contribution in [0.4, 0.5) is 17.1 Å². The van der Waals surface area contributed by atoms with Crippen LogP contribution in [-0.2, 0) is 12.8 Å². The van der Waals surface area contributed by atoms with Gasteiger partial charge in [-0.3, -0.25) is 10.1 Å². The number of aryl methyl sites for hydroxylation is 2. The van der Waals surface area contributed by atoms with Gasteiger partial charge in [0.2, 0.25) is 0 Å². The molecule has 1 aliphatic carbocycles. The van der Waals surface area contributed by atoms with Crippen molar-refractivity contribution in [3.63, 3.8) is 0 Å². The normalized spacial score (nSPS) is 12.5. The Bertz CT molecular complexity index is 763. The molecule has 0 spiro atoms. The van der Waals surface area contributed by atoms with E-state index in [1.807, 2.05) is 18.2 Å². The van der Waals surface area contributed by atoms with Crippen LogP contribution in [0, 0.1) is 21.4 Å². The van der Waals surface area contributed by atoms with E-state index in [4.69, 9.17) is 5.26 Å². The van der Waals surface area contributed by atoms with Crippen LogP contribution in [0.3, 0.4) is 0 Å². The Morgan fingerprint density at radius 3 is 2.71 bits per heavy atom. The molecule has 0 radical (unpaired) electrons. The molecule has 1 N–H and O–H groups in total. The summed E-state index contributed by atoms with van der Waals surface area (Å²) < 4.78 is 0. The molecule has 104 valence electrons. The Labute approximate surface area is 122 Å². The predicted molar refractivity (Wildman–Crippen MR) is 79.6 cm³/mol. The number of hydrogen-bond acceptors (Lipinski definition) is 4. The van der Waals surface area contributed by atoms with E-state index >= 15 is 0 Å². The molecule has 21 heavy (non-hydrogen) atoms. The summed E-state index contributed by atoms with van der Waals surface area (Å²) in [5.41, 5.74) is 4.09. The Balaban J connectivity index is 1.94. The number of nitro benzene ring substituents is 1. The van der Waals surface area contributed by atoms with Crippen LogP contribution in [0.1, 0.15) is 23.1 Å². The number of fused-ring (bicyclic) bond motifs is 1. The maximum Gasteiger partial charge on any atom is 0.293 e. The molecule has 5 heteroatoms. The van der Waals surface area contributed by atoms with Crippen LogP contribution in [-0.4, -0.2) is 4.92 Å². The number of nitriles is 1. The smallest absolute Gasteiger partial charge is 0.293 e. The van der Waals surface area contributed by atoms with Crippen molar-refractivity contribution in [3.05, 3.63) is 63.2 Å². The number of hydrogen-bond donors (Lipinski definition) is 1. The van der Waals surface area contributed by atoms with Crippen LogP contribution in [0.2, 0.25) is 0 Å². The average molecular weight is 279 g/mol. The average Bonchev–Trinajstić information content (AvgIpc) is 2.95. The lowest BCUT2D eigenvalue weighted by Crippen LogP contribution is -1.98. The molecule has 3 rings (SSSR count). The third-order valence-corrected chi connectivity index (χ3v) is 3.70. The minimum Gasteiger partial charge on any atom is -0.350 e. The van der Waals surface area contributed by atoms with Crippen LogP contribution in [0.15, 0.2) is 36.4 Å². The summed E-state index contributed by atoms with van der Waals surface area (Å²) in [6.07, 6.45) is 3.32. The van der Waals surface area contributed by atoms with Crippen molar-refractivity contribution in [3.8, 4) is 6.07 Å². The zero-order valence-electron chi connectivity index (χ0n) is 11.3.